The van der Waals surface area contributed by atoms with Crippen LogP contribution >= 0.6 is 22.9 Å². The van der Waals surface area contributed by atoms with Crippen molar-refractivity contribution >= 4 is 44.8 Å². The van der Waals surface area contributed by atoms with E-state index in [0.29, 0.717) is 29.5 Å². The predicted molar refractivity (Wildman–Crippen MR) is 146 cm³/mol. The van der Waals surface area contributed by atoms with Crippen molar-refractivity contribution < 1.29 is 9.59 Å². The summed E-state index contributed by atoms with van der Waals surface area (Å²) in [6.45, 7) is 2.76. The van der Waals surface area contributed by atoms with Gasteiger partial charge in [-0.25, -0.2) is 0 Å². The fourth-order valence-corrected chi connectivity index (χ4v) is 6.60. The maximum absolute atomic E-state index is 13.2. The number of likely N-dealkylation sites (tertiary alicyclic amines) is 2. The van der Waals surface area contributed by atoms with Gasteiger partial charge in [-0.3, -0.25) is 9.59 Å². The molecule has 1 unspecified atom stereocenters. The van der Waals surface area contributed by atoms with E-state index in [0.717, 1.165) is 39.7 Å². The second-order valence-electron chi connectivity index (χ2n) is 9.50. The number of benzene rings is 3. The quantitative estimate of drug-likeness (QED) is 0.379. The van der Waals surface area contributed by atoms with Gasteiger partial charge in [0.2, 0.25) is 0 Å². The van der Waals surface area contributed by atoms with Gasteiger partial charge < -0.3 is 15.1 Å². The van der Waals surface area contributed by atoms with E-state index in [4.69, 9.17) is 11.6 Å². The number of carbonyl (C=O) groups is 2. The highest BCUT2D eigenvalue weighted by atomic mass is 35.5. The average molecular weight is 516 g/mol. The highest BCUT2D eigenvalue weighted by molar-refractivity contribution is 7.21. The van der Waals surface area contributed by atoms with E-state index in [9.17, 15) is 9.59 Å². The lowest BCUT2D eigenvalue weighted by molar-refractivity contribution is 0.0558. The lowest BCUT2D eigenvalue weighted by Gasteiger charge is -2.41. The minimum Gasteiger partial charge on any atom is -0.337 e. The van der Waals surface area contributed by atoms with Crippen LogP contribution in [-0.4, -0.2) is 59.9 Å². The van der Waals surface area contributed by atoms with Gasteiger partial charge in [0.1, 0.15) is 4.88 Å². The molecule has 2 aliphatic heterocycles. The van der Waals surface area contributed by atoms with Gasteiger partial charge in [-0.2, -0.15) is 0 Å². The minimum atomic E-state index is -0.00665. The zero-order valence-corrected chi connectivity index (χ0v) is 21.3. The molecule has 3 heterocycles. The molecule has 6 rings (SSSR count). The van der Waals surface area contributed by atoms with Crippen molar-refractivity contribution in [2.24, 2.45) is 0 Å². The van der Waals surface area contributed by atoms with Gasteiger partial charge in [-0.1, -0.05) is 72.3 Å². The normalized spacial score (nSPS) is 18.0. The van der Waals surface area contributed by atoms with E-state index in [1.165, 1.54) is 11.3 Å². The Morgan fingerprint density at radius 3 is 2.25 bits per heavy atom. The molecule has 0 aliphatic carbocycles. The van der Waals surface area contributed by atoms with Crippen molar-refractivity contribution in [2.45, 2.75) is 18.5 Å². The lowest BCUT2D eigenvalue weighted by atomic mass is 10.0. The van der Waals surface area contributed by atoms with Crippen molar-refractivity contribution in [2.75, 3.05) is 26.2 Å². The molecule has 3 aromatic carbocycles. The monoisotopic (exact) mass is 515 g/mol. The number of thiophene rings is 1. The predicted octanol–water partition coefficient (Wildman–Crippen LogP) is 5.55. The first kappa shape index (κ1) is 23.2. The fraction of sp³-hybridized carbons (Fsp3) is 0.241. The summed E-state index contributed by atoms with van der Waals surface area (Å²) in [6.07, 6.45) is 0.926. The maximum Gasteiger partial charge on any atom is 0.265 e. The van der Waals surface area contributed by atoms with Gasteiger partial charge in [0.15, 0.2) is 0 Å². The molecular weight excluding hydrogens is 490 g/mol. The minimum absolute atomic E-state index is 0.00665. The van der Waals surface area contributed by atoms with Gasteiger partial charge >= 0.3 is 0 Å². The van der Waals surface area contributed by atoms with E-state index < -0.39 is 0 Å². The first-order valence-electron chi connectivity index (χ1n) is 12.2. The van der Waals surface area contributed by atoms with E-state index in [1.54, 1.807) is 0 Å². The largest absolute Gasteiger partial charge is 0.337 e. The molecule has 2 fully saturated rings. The molecule has 0 bridgehead atoms. The molecule has 0 spiro atoms. The molecule has 0 radical (unpaired) electrons. The molecule has 1 atom stereocenters. The SMILES string of the molecule is O=C(c1ccccc1)N1CCC(NC2CN(C(=O)c3sc4cc(-c5ccccc5)ccc4c3Cl)C2)C1. The summed E-state index contributed by atoms with van der Waals surface area (Å²) in [5.74, 6) is 0.0768. The summed E-state index contributed by atoms with van der Waals surface area (Å²) >= 11 is 8.12. The van der Waals surface area contributed by atoms with E-state index in [1.807, 2.05) is 64.4 Å². The first-order valence-corrected chi connectivity index (χ1v) is 13.4. The zero-order valence-electron chi connectivity index (χ0n) is 19.7. The Labute approximate surface area is 219 Å². The number of hydrogen-bond acceptors (Lipinski definition) is 4. The molecule has 5 nitrogen and oxygen atoms in total. The van der Waals surface area contributed by atoms with Crippen LogP contribution in [0.15, 0.2) is 78.9 Å². The van der Waals surface area contributed by atoms with Crippen LogP contribution in [0.5, 0.6) is 0 Å². The Kier molecular flexibility index (Phi) is 6.25. The van der Waals surface area contributed by atoms with E-state index >= 15 is 0 Å². The van der Waals surface area contributed by atoms with E-state index in [2.05, 4.69) is 29.6 Å². The second-order valence-corrected chi connectivity index (χ2v) is 10.9. The van der Waals surface area contributed by atoms with Crippen LogP contribution in [0.3, 0.4) is 0 Å². The molecule has 36 heavy (non-hydrogen) atoms. The van der Waals surface area contributed by atoms with Crippen LogP contribution in [0.4, 0.5) is 0 Å². The number of rotatable bonds is 5. The molecule has 1 N–H and O–H groups in total. The first-order chi connectivity index (χ1) is 17.6. The third-order valence-electron chi connectivity index (χ3n) is 7.07. The maximum atomic E-state index is 13.2. The van der Waals surface area contributed by atoms with Gasteiger partial charge in [0, 0.05) is 53.9 Å². The summed E-state index contributed by atoms with van der Waals surface area (Å²) < 4.78 is 1.02. The molecule has 4 aromatic rings. The van der Waals surface area contributed by atoms with Crippen molar-refractivity contribution in [3.05, 3.63) is 94.3 Å². The van der Waals surface area contributed by atoms with Crippen LogP contribution in [0.25, 0.3) is 21.2 Å². The molecule has 1 aromatic heterocycles. The molecule has 0 saturated carbocycles. The van der Waals surface area contributed by atoms with Crippen LogP contribution in [0.2, 0.25) is 5.02 Å². The number of fused-ring (bicyclic) bond motifs is 1. The van der Waals surface area contributed by atoms with Crippen molar-refractivity contribution in [1.82, 2.24) is 15.1 Å². The fourth-order valence-electron chi connectivity index (χ4n) is 5.08. The van der Waals surface area contributed by atoms with Gasteiger partial charge in [0.25, 0.3) is 11.8 Å². The number of hydrogen-bond donors (Lipinski definition) is 1. The standard InChI is InChI=1S/C29H26ClN3O2S/c30-26-24-12-11-21(19-7-3-1-4-8-19)15-25(24)36-27(26)29(35)33-17-23(18-33)31-22-13-14-32(16-22)28(34)20-9-5-2-6-10-20/h1-12,15,22-23,31H,13-14,16-18H2. The van der Waals surface area contributed by atoms with Crippen molar-refractivity contribution in [3.63, 3.8) is 0 Å². The summed E-state index contributed by atoms with van der Waals surface area (Å²) in [7, 11) is 0. The molecule has 182 valence electrons. The number of nitrogens with one attached hydrogen (secondary N) is 1. The van der Waals surface area contributed by atoms with Gasteiger partial charge in [-0.05, 0) is 35.7 Å². The van der Waals surface area contributed by atoms with Crippen LogP contribution < -0.4 is 5.32 Å². The zero-order chi connectivity index (χ0) is 24.6. The number of carbonyl (C=O) groups excluding carboxylic acids is 2. The molecular formula is C29H26ClN3O2S. The second kappa shape index (κ2) is 9.69. The number of nitrogens with zero attached hydrogens (tertiary/aromatic N) is 2. The summed E-state index contributed by atoms with van der Waals surface area (Å²) in [5.41, 5.74) is 2.99. The summed E-state index contributed by atoms with van der Waals surface area (Å²) in [5, 5.41) is 5.11. The highest BCUT2D eigenvalue weighted by Gasteiger charge is 2.36. The third kappa shape index (κ3) is 4.41. The lowest BCUT2D eigenvalue weighted by Crippen LogP contribution is -2.62. The Bertz CT molecular complexity index is 1420. The summed E-state index contributed by atoms with van der Waals surface area (Å²) in [6, 6.07) is 26.3. The van der Waals surface area contributed by atoms with Gasteiger partial charge in [0.05, 0.1) is 5.02 Å². The summed E-state index contributed by atoms with van der Waals surface area (Å²) in [4.78, 5) is 30.3. The molecule has 2 amide bonds. The topological polar surface area (TPSA) is 52.7 Å². The smallest absolute Gasteiger partial charge is 0.265 e. The van der Waals surface area contributed by atoms with Crippen molar-refractivity contribution in [3.8, 4) is 11.1 Å². The van der Waals surface area contributed by atoms with Crippen LogP contribution in [-0.2, 0) is 0 Å². The average Bonchev–Trinajstić information content (AvgIpc) is 3.50. The Hall–Kier alpha value is -3.19. The molecule has 2 aliphatic rings. The molecule has 2 saturated heterocycles. The van der Waals surface area contributed by atoms with Crippen LogP contribution in [0, 0.1) is 0 Å². The Morgan fingerprint density at radius 2 is 1.50 bits per heavy atom. The van der Waals surface area contributed by atoms with E-state index in [-0.39, 0.29) is 23.9 Å². The van der Waals surface area contributed by atoms with Crippen LogP contribution in [0.1, 0.15) is 26.5 Å². The Balaban J connectivity index is 1.07. The molecule has 7 heteroatoms. The third-order valence-corrected chi connectivity index (χ3v) is 8.71. The van der Waals surface area contributed by atoms with Crippen molar-refractivity contribution in [1.29, 1.82) is 0 Å². The highest BCUT2D eigenvalue weighted by Crippen LogP contribution is 2.38. The number of amides is 2. The van der Waals surface area contributed by atoms with Gasteiger partial charge in [-0.15, -0.1) is 11.3 Å². The number of halogens is 1. The Morgan fingerprint density at radius 1 is 0.806 bits per heavy atom.